The van der Waals surface area contributed by atoms with E-state index >= 15 is 0 Å². The monoisotopic (exact) mass is 308 g/mol. The predicted octanol–water partition coefficient (Wildman–Crippen LogP) is 2.36. The van der Waals surface area contributed by atoms with Crippen molar-refractivity contribution in [3.8, 4) is 0 Å². The number of thiophene rings is 1. The highest BCUT2D eigenvalue weighted by Crippen LogP contribution is 2.27. The number of anilines is 1. The van der Waals surface area contributed by atoms with Crippen molar-refractivity contribution in [3.63, 3.8) is 0 Å². The Morgan fingerprint density at radius 2 is 2.05 bits per heavy atom. The Kier molecular flexibility index (Phi) is 3.00. The summed E-state index contributed by atoms with van der Waals surface area (Å²) in [5.41, 5.74) is 0.0471. The lowest BCUT2D eigenvalue weighted by molar-refractivity contribution is 0.0442. The molecule has 0 unspecified atom stereocenters. The maximum atomic E-state index is 12.0. The van der Waals surface area contributed by atoms with Crippen LogP contribution >= 0.6 is 22.9 Å². The zero-order valence-corrected chi connectivity index (χ0v) is 11.2. The lowest BCUT2D eigenvalue weighted by Gasteiger charge is -2.05. The molecule has 0 spiro atoms. The van der Waals surface area contributed by atoms with Crippen molar-refractivity contribution >= 4 is 46.5 Å². The highest BCUT2D eigenvalue weighted by atomic mass is 35.5. The maximum absolute atomic E-state index is 12.0. The van der Waals surface area contributed by atoms with Gasteiger partial charge in [-0.25, -0.2) is 14.6 Å². The molecule has 1 aliphatic rings. The van der Waals surface area contributed by atoms with Crippen LogP contribution in [0.3, 0.4) is 0 Å². The van der Waals surface area contributed by atoms with Gasteiger partial charge in [-0.15, -0.1) is 11.3 Å². The van der Waals surface area contributed by atoms with E-state index in [9.17, 15) is 14.4 Å². The summed E-state index contributed by atoms with van der Waals surface area (Å²) in [6, 6.07) is 4.58. The van der Waals surface area contributed by atoms with E-state index in [4.69, 9.17) is 11.6 Å². The number of carbonyl (C=O) groups is 3. The molecule has 3 rings (SSSR count). The Hall–Kier alpha value is -2.25. The Bertz CT molecular complexity index is 756. The largest absolute Gasteiger partial charge is 0.384 e. The summed E-state index contributed by atoms with van der Waals surface area (Å²) < 4.78 is 4.93. The van der Waals surface area contributed by atoms with Gasteiger partial charge in [0.15, 0.2) is 5.69 Å². The summed E-state index contributed by atoms with van der Waals surface area (Å²) >= 11 is 6.86. The molecule has 1 amide bonds. The average molecular weight is 309 g/mol. The number of ether oxygens (including phenoxy) is 1. The molecule has 2 aromatic heterocycles. The van der Waals surface area contributed by atoms with Crippen LogP contribution < -0.4 is 5.32 Å². The molecule has 0 saturated heterocycles. The molecule has 2 aromatic rings. The van der Waals surface area contributed by atoms with Gasteiger partial charge in [0.05, 0.1) is 14.9 Å². The van der Waals surface area contributed by atoms with E-state index in [-0.39, 0.29) is 16.9 Å². The molecule has 0 saturated carbocycles. The third-order valence-corrected chi connectivity index (χ3v) is 3.81. The number of nitrogens with one attached hydrogen (secondary N) is 1. The number of aromatic nitrogens is 1. The molecule has 20 heavy (non-hydrogen) atoms. The van der Waals surface area contributed by atoms with Crippen LogP contribution in [0.25, 0.3) is 0 Å². The lowest BCUT2D eigenvalue weighted by atomic mass is 10.2. The molecule has 0 atom stereocenters. The number of hydrogen-bond acceptors (Lipinski definition) is 6. The Labute approximate surface area is 121 Å². The molecular weight excluding hydrogens is 304 g/mol. The van der Waals surface area contributed by atoms with Gasteiger partial charge < -0.3 is 10.1 Å². The van der Waals surface area contributed by atoms with Gasteiger partial charge in [0.2, 0.25) is 0 Å². The smallest absolute Gasteiger partial charge is 0.365 e. The molecule has 3 heterocycles. The van der Waals surface area contributed by atoms with E-state index in [0.29, 0.717) is 9.21 Å². The van der Waals surface area contributed by atoms with Crippen molar-refractivity contribution < 1.29 is 19.1 Å². The molecule has 1 N–H and O–H groups in total. The normalized spacial score (nSPS) is 13.1. The summed E-state index contributed by atoms with van der Waals surface area (Å²) in [4.78, 5) is 39.1. The zero-order chi connectivity index (χ0) is 14.3. The quantitative estimate of drug-likeness (QED) is 0.680. The molecule has 1 aliphatic heterocycles. The number of amides is 1. The third-order valence-electron chi connectivity index (χ3n) is 2.58. The van der Waals surface area contributed by atoms with E-state index < -0.39 is 17.8 Å². The van der Waals surface area contributed by atoms with Gasteiger partial charge in [-0.2, -0.15) is 0 Å². The third kappa shape index (κ3) is 2.06. The van der Waals surface area contributed by atoms with Gasteiger partial charge in [0, 0.05) is 6.20 Å². The van der Waals surface area contributed by atoms with E-state index in [1.54, 1.807) is 12.1 Å². The maximum Gasteiger partial charge on any atom is 0.365 e. The predicted molar refractivity (Wildman–Crippen MR) is 71.3 cm³/mol. The van der Waals surface area contributed by atoms with Crippen LogP contribution in [0.5, 0.6) is 0 Å². The fourth-order valence-corrected chi connectivity index (χ4v) is 2.67. The topological polar surface area (TPSA) is 85.4 Å². The number of carbonyl (C=O) groups excluding carboxylic acids is 3. The Morgan fingerprint density at radius 3 is 2.75 bits per heavy atom. The van der Waals surface area contributed by atoms with E-state index in [1.807, 2.05) is 0 Å². The highest BCUT2D eigenvalue weighted by Gasteiger charge is 2.34. The van der Waals surface area contributed by atoms with Gasteiger partial charge >= 0.3 is 11.9 Å². The zero-order valence-electron chi connectivity index (χ0n) is 9.68. The van der Waals surface area contributed by atoms with E-state index in [2.05, 4.69) is 15.0 Å². The molecule has 0 bridgehead atoms. The van der Waals surface area contributed by atoms with Crippen LogP contribution in [0, 0.1) is 0 Å². The van der Waals surface area contributed by atoms with Crippen LogP contribution in [-0.4, -0.2) is 22.8 Å². The number of rotatable bonds is 2. The van der Waals surface area contributed by atoms with Crippen molar-refractivity contribution in [2.45, 2.75) is 0 Å². The van der Waals surface area contributed by atoms with Crippen LogP contribution in [0.1, 0.15) is 30.5 Å². The summed E-state index contributed by atoms with van der Waals surface area (Å²) in [6.07, 6.45) is 1.32. The first kappa shape index (κ1) is 12.8. The van der Waals surface area contributed by atoms with Gasteiger partial charge in [-0.3, -0.25) is 4.79 Å². The Balaban J connectivity index is 1.95. The number of halogens is 1. The van der Waals surface area contributed by atoms with Crippen LogP contribution in [0.4, 0.5) is 5.69 Å². The number of fused-ring (bicyclic) bond motifs is 1. The summed E-state index contributed by atoms with van der Waals surface area (Å²) in [7, 11) is 0. The van der Waals surface area contributed by atoms with Crippen LogP contribution in [-0.2, 0) is 4.74 Å². The van der Waals surface area contributed by atoms with E-state index in [0.717, 1.165) is 11.3 Å². The minimum Gasteiger partial charge on any atom is -0.384 e. The minimum absolute atomic E-state index is 0.0338. The van der Waals surface area contributed by atoms with Gasteiger partial charge in [-0.05, 0) is 18.2 Å². The van der Waals surface area contributed by atoms with Gasteiger partial charge in [0.25, 0.3) is 5.91 Å². The van der Waals surface area contributed by atoms with Crippen molar-refractivity contribution in [1.29, 1.82) is 0 Å². The number of hydrogen-bond donors (Lipinski definition) is 1. The van der Waals surface area contributed by atoms with E-state index in [1.165, 1.54) is 12.3 Å². The summed E-state index contributed by atoms with van der Waals surface area (Å²) in [6.45, 7) is 0. The fourth-order valence-electron chi connectivity index (χ4n) is 1.73. The van der Waals surface area contributed by atoms with Crippen molar-refractivity contribution in [2.24, 2.45) is 0 Å². The van der Waals surface area contributed by atoms with Crippen LogP contribution in [0.2, 0.25) is 4.34 Å². The van der Waals surface area contributed by atoms with Gasteiger partial charge in [-0.1, -0.05) is 11.6 Å². The standard InChI is InChI=1S/C12H5ClN2O4S/c13-7-2-1-6(20-7)10(16)15-5-3-4-14-9-8(5)11(17)19-12(9)18/h1-4H,(H,14,15,16). The number of nitrogens with zero attached hydrogens (tertiary/aromatic N) is 1. The van der Waals surface area contributed by atoms with Gasteiger partial charge in [0.1, 0.15) is 5.56 Å². The molecular formula is C12H5ClN2O4S. The molecule has 0 aromatic carbocycles. The summed E-state index contributed by atoms with van der Waals surface area (Å²) in [5, 5.41) is 2.54. The van der Waals surface area contributed by atoms with Crippen molar-refractivity contribution in [2.75, 3.05) is 5.32 Å². The minimum atomic E-state index is -0.822. The molecule has 0 aliphatic carbocycles. The second-order valence-electron chi connectivity index (χ2n) is 3.82. The second-order valence-corrected chi connectivity index (χ2v) is 5.53. The lowest BCUT2D eigenvalue weighted by Crippen LogP contribution is -2.13. The molecule has 0 fully saturated rings. The number of pyridine rings is 1. The first-order chi connectivity index (χ1) is 9.56. The second kappa shape index (κ2) is 4.69. The fraction of sp³-hybridized carbons (Fsp3) is 0. The molecule has 8 heteroatoms. The van der Waals surface area contributed by atoms with Crippen molar-refractivity contribution in [3.05, 3.63) is 44.9 Å². The highest BCUT2D eigenvalue weighted by molar-refractivity contribution is 7.18. The van der Waals surface area contributed by atoms with Crippen LogP contribution in [0.15, 0.2) is 24.4 Å². The molecule has 100 valence electrons. The SMILES string of the molecule is O=C(Nc1ccnc2c1C(=O)OC2=O)c1ccc(Cl)s1. The van der Waals surface area contributed by atoms with Crippen molar-refractivity contribution in [1.82, 2.24) is 4.98 Å². The summed E-state index contributed by atoms with van der Waals surface area (Å²) in [5.74, 6) is -2.07. The molecule has 0 radical (unpaired) electrons. The number of cyclic esters (lactones) is 2. The first-order valence-corrected chi connectivity index (χ1v) is 6.58. The Morgan fingerprint density at radius 1 is 1.25 bits per heavy atom. The number of esters is 2. The first-order valence-electron chi connectivity index (χ1n) is 5.38. The molecule has 6 nitrogen and oxygen atoms in total. The average Bonchev–Trinajstić information content (AvgIpc) is 2.96.